The molecule has 0 rings (SSSR count). The number of rotatable bonds is 9. The highest BCUT2D eigenvalue weighted by Crippen LogP contribution is 2.19. The molecule has 0 aromatic carbocycles. The smallest absolute Gasteiger partial charge is 0.364 e. The fourth-order valence-electron chi connectivity index (χ4n) is 1.68. The van der Waals surface area contributed by atoms with Crippen molar-refractivity contribution in [3.05, 3.63) is 12.2 Å². The second-order valence-electron chi connectivity index (χ2n) is 4.05. The van der Waals surface area contributed by atoms with Gasteiger partial charge in [-0.3, -0.25) is 0 Å². The number of ether oxygens (including phenoxy) is 1. The van der Waals surface area contributed by atoms with Gasteiger partial charge in [0.15, 0.2) is 0 Å². The van der Waals surface area contributed by atoms with Gasteiger partial charge in [-0.1, -0.05) is 19.1 Å². The third kappa shape index (κ3) is 5.25. The molecule has 0 aliphatic carbocycles. The van der Waals surface area contributed by atoms with Crippen molar-refractivity contribution in [2.75, 3.05) is 19.8 Å². The molecule has 0 spiro atoms. The quantitative estimate of drug-likeness (QED) is 0.462. The summed E-state index contributed by atoms with van der Waals surface area (Å²) >= 11 is 0. The molecule has 0 heterocycles. The predicted octanol–water partition coefficient (Wildman–Crippen LogP) is 3.04. The molecule has 0 aliphatic heterocycles. The maximum absolute atomic E-state index is 5.84. The minimum atomic E-state index is -2.21. The van der Waals surface area contributed by atoms with Gasteiger partial charge in [0, 0.05) is 13.2 Å². The summed E-state index contributed by atoms with van der Waals surface area (Å²) in [7, 11) is -2.21. The van der Waals surface area contributed by atoms with Crippen LogP contribution in [0.25, 0.3) is 0 Å². The van der Waals surface area contributed by atoms with Crippen molar-refractivity contribution < 1.29 is 13.6 Å². The van der Waals surface area contributed by atoms with E-state index in [0.717, 1.165) is 12.0 Å². The second-order valence-corrected chi connectivity index (χ2v) is 7.30. The van der Waals surface area contributed by atoms with Crippen molar-refractivity contribution in [2.45, 2.75) is 46.4 Å². The van der Waals surface area contributed by atoms with E-state index >= 15 is 0 Å². The van der Waals surface area contributed by atoms with Gasteiger partial charge in [0.1, 0.15) is 5.73 Å². The van der Waals surface area contributed by atoms with Crippen molar-refractivity contribution >= 4 is 8.56 Å². The Bertz CT molecular complexity index is 200. The summed E-state index contributed by atoms with van der Waals surface area (Å²) in [5.41, 5.74) is 1.10. The fourth-order valence-corrected chi connectivity index (χ4v) is 4.41. The van der Waals surface area contributed by atoms with Gasteiger partial charge in [-0.2, -0.15) is 0 Å². The topological polar surface area (TPSA) is 27.7 Å². The van der Waals surface area contributed by atoms with E-state index in [2.05, 4.69) is 20.0 Å². The van der Waals surface area contributed by atoms with Crippen LogP contribution in [0.5, 0.6) is 0 Å². The second kappa shape index (κ2) is 8.01. The number of hydrogen-bond acceptors (Lipinski definition) is 3. The number of hydrogen-bond donors (Lipinski definition) is 0. The normalized spacial score (nSPS) is 13.8. The Balaban J connectivity index is 4.49. The van der Waals surface area contributed by atoms with E-state index in [1.807, 2.05) is 20.8 Å². The molecule has 4 heteroatoms. The molecule has 0 fully saturated rings. The molecule has 0 saturated carbocycles. The van der Waals surface area contributed by atoms with Crippen LogP contribution in [-0.4, -0.2) is 34.1 Å². The van der Waals surface area contributed by atoms with Crippen LogP contribution in [0.15, 0.2) is 12.2 Å². The molecule has 0 amide bonds. The fraction of sp³-hybridized carbons (Fsp3) is 0.833. The first-order valence-electron chi connectivity index (χ1n) is 6.04. The van der Waals surface area contributed by atoms with Gasteiger partial charge in [0.05, 0.1) is 6.61 Å². The maximum Gasteiger partial charge on any atom is 0.364 e. The minimum Gasteiger partial charge on any atom is -0.393 e. The predicted molar refractivity (Wildman–Crippen MR) is 69.7 cm³/mol. The lowest BCUT2D eigenvalue weighted by Gasteiger charge is -2.33. The first-order valence-corrected chi connectivity index (χ1v) is 8.43. The molecule has 0 aliphatic rings. The highest BCUT2D eigenvalue weighted by atomic mass is 28.4. The summed E-state index contributed by atoms with van der Waals surface area (Å²) in [6.07, 6.45) is 0.913. The molecule has 1 atom stereocenters. The minimum absolute atomic E-state index is 0.0732. The third-order valence-electron chi connectivity index (χ3n) is 2.35. The van der Waals surface area contributed by atoms with Crippen LogP contribution in [-0.2, 0) is 13.6 Å². The zero-order valence-electron chi connectivity index (χ0n) is 11.3. The highest BCUT2D eigenvalue weighted by Gasteiger charge is 2.40. The molecule has 0 saturated heterocycles. The molecule has 0 aromatic rings. The zero-order chi connectivity index (χ0) is 12.6. The van der Waals surface area contributed by atoms with Crippen LogP contribution < -0.4 is 0 Å². The van der Waals surface area contributed by atoms with Gasteiger partial charge in [-0.05, 0) is 33.7 Å². The molecule has 16 heavy (non-hydrogen) atoms. The van der Waals surface area contributed by atoms with Crippen LogP contribution in [0.1, 0.15) is 34.1 Å². The van der Waals surface area contributed by atoms with Crippen LogP contribution in [0.3, 0.4) is 0 Å². The average molecular weight is 246 g/mol. The van der Waals surface area contributed by atoms with E-state index in [4.69, 9.17) is 13.6 Å². The van der Waals surface area contributed by atoms with Crippen molar-refractivity contribution in [1.29, 1.82) is 0 Å². The van der Waals surface area contributed by atoms with Gasteiger partial charge in [-0.25, -0.2) is 0 Å². The molecule has 0 aromatic heterocycles. The van der Waals surface area contributed by atoms with Gasteiger partial charge < -0.3 is 13.6 Å². The first-order chi connectivity index (χ1) is 7.50. The summed E-state index contributed by atoms with van der Waals surface area (Å²) < 4.78 is 17.5. The van der Waals surface area contributed by atoms with Gasteiger partial charge in [0.25, 0.3) is 0 Å². The van der Waals surface area contributed by atoms with E-state index in [1.54, 1.807) is 0 Å². The van der Waals surface area contributed by atoms with Crippen LogP contribution >= 0.6 is 0 Å². The Morgan fingerprint density at radius 2 is 1.69 bits per heavy atom. The van der Waals surface area contributed by atoms with E-state index in [0.29, 0.717) is 19.8 Å². The van der Waals surface area contributed by atoms with Crippen molar-refractivity contribution in [1.82, 2.24) is 0 Å². The third-order valence-corrected chi connectivity index (χ3v) is 5.82. The Morgan fingerprint density at radius 1 is 1.19 bits per heavy atom. The van der Waals surface area contributed by atoms with Gasteiger partial charge in [-0.15, -0.1) is 0 Å². The lowest BCUT2D eigenvalue weighted by Crippen LogP contribution is -2.52. The molecular formula is C12H26O3Si. The molecule has 96 valence electrons. The molecule has 0 N–H and O–H groups in total. The monoisotopic (exact) mass is 246 g/mol. The molecular weight excluding hydrogens is 220 g/mol. The Morgan fingerprint density at radius 3 is 2.00 bits per heavy atom. The maximum atomic E-state index is 5.84. The van der Waals surface area contributed by atoms with E-state index in [9.17, 15) is 0 Å². The lowest BCUT2D eigenvalue weighted by molar-refractivity contribution is 0.0588. The SMILES string of the molecule is C=C(C)COC(CC)[Si](C)(OCC)OCC. The lowest BCUT2D eigenvalue weighted by atomic mass is 10.4. The summed E-state index contributed by atoms with van der Waals surface area (Å²) in [4.78, 5) is 0. The van der Waals surface area contributed by atoms with Crippen LogP contribution in [0.2, 0.25) is 6.55 Å². The molecule has 0 radical (unpaired) electrons. The van der Waals surface area contributed by atoms with Crippen molar-refractivity contribution in [3.8, 4) is 0 Å². The Kier molecular flexibility index (Phi) is 7.92. The standard InChI is InChI=1S/C12H26O3Si/c1-7-12(13-10-11(4)5)16(6,14-8-2)15-9-3/h12H,4,7-10H2,1-3,5-6H3. The van der Waals surface area contributed by atoms with Gasteiger partial charge in [0.2, 0.25) is 0 Å². The largest absolute Gasteiger partial charge is 0.393 e. The Labute approximate surface area is 101 Å². The van der Waals surface area contributed by atoms with Crippen LogP contribution in [0, 0.1) is 0 Å². The van der Waals surface area contributed by atoms with Crippen molar-refractivity contribution in [2.24, 2.45) is 0 Å². The van der Waals surface area contributed by atoms with E-state index < -0.39 is 8.56 Å². The first kappa shape index (κ1) is 15.8. The summed E-state index contributed by atoms with van der Waals surface area (Å²) in [6.45, 7) is 15.9. The highest BCUT2D eigenvalue weighted by molar-refractivity contribution is 6.67. The van der Waals surface area contributed by atoms with E-state index in [-0.39, 0.29) is 5.73 Å². The molecule has 1 unspecified atom stereocenters. The van der Waals surface area contributed by atoms with Gasteiger partial charge >= 0.3 is 8.56 Å². The summed E-state index contributed by atoms with van der Waals surface area (Å²) in [6, 6.07) is 0. The average Bonchev–Trinajstić information content (AvgIpc) is 2.18. The molecule has 0 bridgehead atoms. The molecule has 3 nitrogen and oxygen atoms in total. The van der Waals surface area contributed by atoms with Crippen molar-refractivity contribution in [3.63, 3.8) is 0 Å². The van der Waals surface area contributed by atoms with E-state index in [1.165, 1.54) is 0 Å². The summed E-state index contributed by atoms with van der Waals surface area (Å²) in [5.74, 6) is 0. The Hall–Kier alpha value is -0.163. The zero-order valence-corrected chi connectivity index (χ0v) is 12.3. The summed E-state index contributed by atoms with van der Waals surface area (Å²) in [5, 5.41) is 0. The van der Waals surface area contributed by atoms with Crippen LogP contribution in [0.4, 0.5) is 0 Å².